The van der Waals surface area contributed by atoms with Crippen LogP contribution in [-0.4, -0.2) is 17.9 Å². The summed E-state index contributed by atoms with van der Waals surface area (Å²) in [6.07, 6.45) is 8.18. The maximum atomic E-state index is 12.6. The van der Waals surface area contributed by atoms with Crippen LogP contribution in [-0.2, 0) is 20.7 Å². The average Bonchev–Trinajstić information content (AvgIpc) is 2.60. The number of rotatable bonds is 7. The first kappa shape index (κ1) is 18.4. The normalized spacial score (nSPS) is 17.8. The summed E-state index contributed by atoms with van der Waals surface area (Å²) in [7, 11) is 0. The zero-order chi connectivity index (χ0) is 17.6. The largest absolute Gasteiger partial charge is 0.462 e. The van der Waals surface area contributed by atoms with Gasteiger partial charge >= 0.3 is 5.97 Å². The molecule has 1 aliphatic rings. The minimum Gasteiger partial charge on any atom is -0.462 e. The van der Waals surface area contributed by atoms with E-state index in [4.69, 9.17) is 4.74 Å². The van der Waals surface area contributed by atoms with Crippen LogP contribution in [0.4, 0.5) is 0 Å². The van der Waals surface area contributed by atoms with E-state index in [1.54, 1.807) is 13.0 Å². The van der Waals surface area contributed by atoms with Crippen molar-refractivity contribution in [3.63, 3.8) is 0 Å². The summed E-state index contributed by atoms with van der Waals surface area (Å²) in [4.78, 5) is 24.8. The lowest BCUT2D eigenvalue weighted by Crippen LogP contribution is -2.39. The molecular weight excluding hydrogens is 300 g/mol. The van der Waals surface area contributed by atoms with Crippen LogP contribution in [0.25, 0.3) is 6.08 Å². The molecule has 0 radical (unpaired) electrons. The van der Waals surface area contributed by atoms with Crippen LogP contribution in [0, 0.1) is 5.41 Å². The van der Waals surface area contributed by atoms with Gasteiger partial charge in [0, 0.05) is 0 Å². The van der Waals surface area contributed by atoms with E-state index in [9.17, 15) is 9.59 Å². The molecule has 1 aliphatic carbocycles. The summed E-state index contributed by atoms with van der Waals surface area (Å²) in [5.41, 5.74) is 1.11. The Morgan fingerprint density at radius 3 is 2.38 bits per heavy atom. The van der Waals surface area contributed by atoms with Gasteiger partial charge in [-0.15, -0.1) is 0 Å². The first-order chi connectivity index (χ1) is 11.5. The molecule has 1 fully saturated rings. The molecule has 0 spiro atoms. The molecule has 1 saturated carbocycles. The SMILES string of the molecule is C=Cc1ccc(CCC(C)(C(C)=O)C(=O)OC2CCCCC2)cc1. The van der Waals surface area contributed by atoms with Gasteiger partial charge in [-0.3, -0.25) is 9.59 Å². The van der Waals surface area contributed by atoms with Crippen molar-refractivity contribution in [3.8, 4) is 0 Å². The third kappa shape index (κ3) is 4.56. The van der Waals surface area contributed by atoms with Crippen LogP contribution < -0.4 is 0 Å². The van der Waals surface area contributed by atoms with Gasteiger partial charge in [0.1, 0.15) is 17.3 Å². The molecule has 3 nitrogen and oxygen atoms in total. The second kappa shape index (κ2) is 8.27. The van der Waals surface area contributed by atoms with Gasteiger partial charge < -0.3 is 4.74 Å². The van der Waals surface area contributed by atoms with E-state index in [2.05, 4.69) is 6.58 Å². The van der Waals surface area contributed by atoms with Gasteiger partial charge in [0.2, 0.25) is 0 Å². The predicted molar refractivity (Wildman–Crippen MR) is 96.6 cm³/mol. The van der Waals surface area contributed by atoms with E-state index in [0.29, 0.717) is 12.8 Å². The molecule has 2 rings (SSSR count). The molecule has 0 N–H and O–H groups in total. The minimum atomic E-state index is -1.06. The summed E-state index contributed by atoms with van der Waals surface area (Å²) in [6, 6.07) is 8.02. The van der Waals surface area contributed by atoms with E-state index in [1.165, 1.54) is 13.3 Å². The number of benzene rings is 1. The van der Waals surface area contributed by atoms with Gasteiger partial charge in [0.15, 0.2) is 0 Å². The number of hydrogen-bond acceptors (Lipinski definition) is 3. The number of ether oxygens (including phenoxy) is 1. The standard InChI is InChI=1S/C21H28O3/c1-4-17-10-12-18(13-11-17)14-15-21(3,16(2)22)20(23)24-19-8-6-5-7-9-19/h4,10-13,19H,1,5-9,14-15H2,2-3H3. The van der Waals surface area contributed by atoms with Gasteiger partial charge in [-0.25, -0.2) is 0 Å². The van der Waals surface area contributed by atoms with Gasteiger partial charge in [0.25, 0.3) is 0 Å². The summed E-state index contributed by atoms with van der Waals surface area (Å²) >= 11 is 0. The lowest BCUT2D eigenvalue weighted by molar-refractivity contribution is -0.165. The summed E-state index contributed by atoms with van der Waals surface area (Å²) in [5, 5.41) is 0. The number of hydrogen-bond donors (Lipinski definition) is 0. The van der Waals surface area contributed by atoms with Crippen LogP contribution >= 0.6 is 0 Å². The molecule has 0 bridgehead atoms. The Kier molecular flexibility index (Phi) is 6.36. The van der Waals surface area contributed by atoms with E-state index < -0.39 is 5.41 Å². The number of carbonyl (C=O) groups excluding carboxylic acids is 2. The summed E-state index contributed by atoms with van der Waals surface area (Å²) in [6.45, 7) is 6.95. The van der Waals surface area contributed by atoms with Crippen LogP contribution in [0.5, 0.6) is 0 Å². The number of carbonyl (C=O) groups is 2. The molecule has 0 heterocycles. The van der Waals surface area contributed by atoms with Gasteiger partial charge in [-0.2, -0.15) is 0 Å². The van der Waals surface area contributed by atoms with Crippen molar-refractivity contribution in [3.05, 3.63) is 42.0 Å². The average molecular weight is 328 g/mol. The first-order valence-corrected chi connectivity index (χ1v) is 8.89. The monoisotopic (exact) mass is 328 g/mol. The number of esters is 1. The molecule has 1 aromatic rings. The Hall–Kier alpha value is -1.90. The van der Waals surface area contributed by atoms with Crippen molar-refractivity contribution in [2.75, 3.05) is 0 Å². The molecule has 0 aromatic heterocycles. The van der Waals surface area contributed by atoms with Crippen molar-refractivity contribution >= 4 is 17.8 Å². The molecule has 0 saturated heterocycles. The Bertz CT molecular complexity index is 582. The van der Waals surface area contributed by atoms with E-state index in [1.807, 2.05) is 24.3 Å². The third-order valence-electron chi connectivity index (χ3n) is 5.18. The molecule has 0 amide bonds. The quantitative estimate of drug-likeness (QED) is 0.536. The first-order valence-electron chi connectivity index (χ1n) is 8.89. The highest BCUT2D eigenvalue weighted by atomic mass is 16.5. The van der Waals surface area contributed by atoms with Gasteiger partial charge in [0.05, 0.1) is 0 Å². The highest BCUT2D eigenvalue weighted by Crippen LogP contribution is 2.30. The minimum absolute atomic E-state index is 0.0169. The molecular formula is C21H28O3. The Balaban J connectivity index is 2.00. The maximum Gasteiger partial charge on any atom is 0.319 e. The smallest absolute Gasteiger partial charge is 0.319 e. The van der Waals surface area contributed by atoms with Crippen molar-refractivity contribution < 1.29 is 14.3 Å². The van der Waals surface area contributed by atoms with Crippen LogP contribution in [0.1, 0.15) is 63.5 Å². The van der Waals surface area contributed by atoms with Crippen LogP contribution in [0.2, 0.25) is 0 Å². The third-order valence-corrected chi connectivity index (χ3v) is 5.18. The Morgan fingerprint density at radius 2 is 1.83 bits per heavy atom. The lowest BCUT2D eigenvalue weighted by atomic mass is 9.80. The second-order valence-corrected chi connectivity index (χ2v) is 7.00. The molecule has 1 atom stereocenters. The molecule has 3 heteroatoms. The van der Waals surface area contributed by atoms with Crippen LogP contribution in [0.15, 0.2) is 30.8 Å². The van der Waals surface area contributed by atoms with Crippen molar-refractivity contribution in [2.45, 2.75) is 64.9 Å². The molecule has 130 valence electrons. The highest BCUT2D eigenvalue weighted by molar-refractivity contribution is 6.02. The zero-order valence-electron chi connectivity index (χ0n) is 14.8. The molecule has 24 heavy (non-hydrogen) atoms. The lowest BCUT2D eigenvalue weighted by Gasteiger charge is -2.29. The highest BCUT2D eigenvalue weighted by Gasteiger charge is 2.40. The summed E-state index contributed by atoms with van der Waals surface area (Å²) < 4.78 is 5.67. The predicted octanol–water partition coefficient (Wildman–Crippen LogP) is 4.73. The Labute approximate surface area is 145 Å². The van der Waals surface area contributed by atoms with Gasteiger partial charge in [-0.1, -0.05) is 43.3 Å². The molecule has 0 aliphatic heterocycles. The van der Waals surface area contributed by atoms with Crippen molar-refractivity contribution in [1.82, 2.24) is 0 Å². The van der Waals surface area contributed by atoms with E-state index in [0.717, 1.165) is 36.8 Å². The van der Waals surface area contributed by atoms with Crippen molar-refractivity contribution in [2.24, 2.45) is 5.41 Å². The van der Waals surface area contributed by atoms with Gasteiger partial charge in [-0.05, 0) is 63.5 Å². The zero-order valence-corrected chi connectivity index (χ0v) is 14.8. The maximum absolute atomic E-state index is 12.6. The van der Waals surface area contributed by atoms with Crippen LogP contribution in [0.3, 0.4) is 0 Å². The fourth-order valence-corrected chi connectivity index (χ4v) is 3.10. The molecule has 1 unspecified atom stereocenters. The van der Waals surface area contributed by atoms with E-state index >= 15 is 0 Å². The Morgan fingerprint density at radius 1 is 1.21 bits per heavy atom. The topological polar surface area (TPSA) is 43.4 Å². The summed E-state index contributed by atoms with van der Waals surface area (Å²) in [5.74, 6) is -0.476. The fraction of sp³-hybridized carbons (Fsp3) is 0.524. The number of ketones is 1. The second-order valence-electron chi connectivity index (χ2n) is 7.00. The fourth-order valence-electron chi connectivity index (χ4n) is 3.10. The number of Topliss-reactive ketones (excluding diaryl/α,β-unsaturated/α-hetero) is 1. The van der Waals surface area contributed by atoms with E-state index in [-0.39, 0.29) is 17.9 Å². The van der Waals surface area contributed by atoms with Crippen molar-refractivity contribution in [1.29, 1.82) is 0 Å². The number of aryl methyl sites for hydroxylation is 1. The molecule has 1 aromatic carbocycles.